The average molecular weight is 161 g/mol. The van der Waals surface area contributed by atoms with Crippen LogP contribution >= 0.6 is 0 Å². The van der Waals surface area contributed by atoms with Crippen LogP contribution in [-0.2, 0) is 4.79 Å². The normalized spacial score (nSPS) is 12.7. The van der Waals surface area contributed by atoms with Crippen LogP contribution in [-0.4, -0.2) is 47.3 Å². The van der Waals surface area contributed by atoms with E-state index >= 15 is 0 Å². The third-order valence-electron chi connectivity index (χ3n) is 1.39. The second kappa shape index (κ2) is 5.09. The largest absolute Gasteiger partial charge is 0.396 e. The molecule has 0 aliphatic heterocycles. The Morgan fingerprint density at radius 2 is 2.18 bits per heavy atom. The van der Waals surface area contributed by atoms with Gasteiger partial charge in [0.25, 0.3) is 5.91 Å². The molecule has 0 aromatic carbocycles. The lowest BCUT2D eigenvalue weighted by atomic mass is 10.3. The number of aliphatic hydroxyl groups excluding tert-OH is 2. The molecule has 0 unspecified atom stereocenters. The molecule has 0 saturated carbocycles. The molecule has 0 radical (unpaired) electrons. The molecule has 0 aromatic rings. The van der Waals surface area contributed by atoms with Crippen LogP contribution in [0, 0.1) is 0 Å². The first kappa shape index (κ1) is 10.4. The highest BCUT2D eigenvalue weighted by Gasteiger charge is 2.12. The molecule has 0 aliphatic rings. The molecule has 2 N–H and O–H groups in total. The number of likely N-dealkylation sites (N-methyl/N-ethyl adjacent to an activating group) is 1. The van der Waals surface area contributed by atoms with E-state index in [1.165, 1.54) is 11.8 Å². The van der Waals surface area contributed by atoms with Gasteiger partial charge in [0.1, 0.15) is 6.10 Å². The number of carbonyl (C=O) groups is 1. The third kappa shape index (κ3) is 3.95. The summed E-state index contributed by atoms with van der Waals surface area (Å²) in [6.45, 7) is 1.98. The number of hydrogen-bond donors (Lipinski definition) is 2. The van der Waals surface area contributed by atoms with Crippen LogP contribution in [0.4, 0.5) is 0 Å². The van der Waals surface area contributed by atoms with E-state index in [0.29, 0.717) is 13.0 Å². The molecule has 0 fully saturated rings. The molecule has 11 heavy (non-hydrogen) atoms. The highest BCUT2D eigenvalue weighted by atomic mass is 16.3. The Bertz CT molecular complexity index is 125. The van der Waals surface area contributed by atoms with Gasteiger partial charge in [-0.05, 0) is 13.3 Å². The van der Waals surface area contributed by atoms with Crippen molar-refractivity contribution in [2.45, 2.75) is 19.4 Å². The van der Waals surface area contributed by atoms with Gasteiger partial charge in [-0.3, -0.25) is 4.79 Å². The van der Waals surface area contributed by atoms with Crippen LogP contribution in [0.2, 0.25) is 0 Å². The minimum Gasteiger partial charge on any atom is -0.396 e. The van der Waals surface area contributed by atoms with Crippen molar-refractivity contribution in [1.82, 2.24) is 4.90 Å². The van der Waals surface area contributed by atoms with E-state index in [-0.39, 0.29) is 12.5 Å². The van der Waals surface area contributed by atoms with E-state index in [1.807, 2.05) is 0 Å². The quantitative estimate of drug-likeness (QED) is 0.568. The Labute approximate surface area is 66.4 Å². The first-order valence-corrected chi connectivity index (χ1v) is 3.63. The highest BCUT2D eigenvalue weighted by molar-refractivity contribution is 5.79. The Kier molecular flexibility index (Phi) is 4.81. The molecule has 0 saturated heterocycles. The van der Waals surface area contributed by atoms with E-state index in [2.05, 4.69) is 0 Å². The lowest BCUT2D eigenvalue weighted by Crippen LogP contribution is -2.35. The predicted molar refractivity (Wildman–Crippen MR) is 41.0 cm³/mol. The lowest BCUT2D eigenvalue weighted by Gasteiger charge is -2.17. The first-order valence-electron chi connectivity index (χ1n) is 3.63. The SMILES string of the molecule is C[C@@H](O)C(=O)N(C)CCCO. The zero-order valence-electron chi connectivity index (χ0n) is 6.95. The van der Waals surface area contributed by atoms with Gasteiger partial charge in [-0.1, -0.05) is 0 Å². The summed E-state index contributed by atoms with van der Waals surface area (Å²) in [5.41, 5.74) is 0. The van der Waals surface area contributed by atoms with Crippen molar-refractivity contribution in [1.29, 1.82) is 0 Å². The van der Waals surface area contributed by atoms with E-state index in [0.717, 1.165) is 0 Å². The summed E-state index contributed by atoms with van der Waals surface area (Å²) in [5.74, 6) is -0.307. The average Bonchev–Trinajstić information content (AvgIpc) is 1.98. The fourth-order valence-corrected chi connectivity index (χ4v) is 0.737. The van der Waals surface area contributed by atoms with Crippen molar-refractivity contribution in [3.8, 4) is 0 Å². The molecule has 0 aromatic heterocycles. The van der Waals surface area contributed by atoms with Crippen LogP contribution in [0.25, 0.3) is 0 Å². The molecule has 66 valence electrons. The van der Waals surface area contributed by atoms with Crippen molar-refractivity contribution in [3.05, 3.63) is 0 Å². The molecule has 4 heteroatoms. The maximum absolute atomic E-state index is 10.9. The zero-order chi connectivity index (χ0) is 8.85. The van der Waals surface area contributed by atoms with E-state index in [1.54, 1.807) is 7.05 Å². The minimum atomic E-state index is -0.946. The number of aliphatic hydroxyl groups is 2. The molecule has 0 heterocycles. The highest BCUT2D eigenvalue weighted by Crippen LogP contribution is 1.92. The van der Waals surface area contributed by atoms with Gasteiger partial charge in [-0.25, -0.2) is 0 Å². The summed E-state index contributed by atoms with van der Waals surface area (Å²) in [5, 5.41) is 17.3. The van der Waals surface area contributed by atoms with Gasteiger partial charge in [0, 0.05) is 20.2 Å². The number of hydrogen-bond acceptors (Lipinski definition) is 3. The van der Waals surface area contributed by atoms with Gasteiger partial charge in [-0.15, -0.1) is 0 Å². The van der Waals surface area contributed by atoms with Gasteiger partial charge in [0.2, 0.25) is 0 Å². The Hall–Kier alpha value is -0.610. The van der Waals surface area contributed by atoms with Gasteiger partial charge in [-0.2, -0.15) is 0 Å². The molecule has 0 spiro atoms. The number of carbonyl (C=O) groups excluding carboxylic acids is 1. The van der Waals surface area contributed by atoms with E-state index in [4.69, 9.17) is 10.2 Å². The summed E-state index contributed by atoms with van der Waals surface area (Å²) in [6.07, 6.45) is -0.395. The van der Waals surface area contributed by atoms with Crippen LogP contribution < -0.4 is 0 Å². The van der Waals surface area contributed by atoms with Crippen molar-refractivity contribution >= 4 is 5.91 Å². The Morgan fingerprint density at radius 3 is 2.55 bits per heavy atom. The monoisotopic (exact) mass is 161 g/mol. The topological polar surface area (TPSA) is 60.8 Å². The van der Waals surface area contributed by atoms with Crippen LogP contribution in [0.15, 0.2) is 0 Å². The molecular formula is C7H15NO3. The second-order valence-electron chi connectivity index (χ2n) is 2.51. The van der Waals surface area contributed by atoms with Gasteiger partial charge in [0.15, 0.2) is 0 Å². The zero-order valence-corrected chi connectivity index (χ0v) is 6.95. The molecule has 0 bridgehead atoms. The van der Waals surface area contributed by atoms with E-state index in [9.17, 15) is 4.79 Å². The molecule has 0 aliphatic carbocycles. The summed E-state index contributed by atoms with van der Waals surface area (Å²) < 4.78 is 0. The van der Waals surface area contributed by atoms with Crippen molar-refractivity contribution < 1.29 is 15.0 Å². The standard InChI is InChI=1S/C7H15NO3/c1-6(10)7(11)8(2)4-3-5-9/h6,9-10H,3-5H2,1-2H3/t6-/m1/s1. The maximum Gasteiger partial charge on any atom is 0.250 e. The lowest BCUT2D eigenvalue weighted by molar-refractivity contribution is -0.137. The fourth-order valence-electron chi connectivity index (χ4n) is 0.737. The van der Waals surface area contributed by atoms with Crippen LogP contribution in [0.1, 0.15) is 13.3 Å². The van der Waals surface area contributed by atoms with Gasteiger partial charge >= 0.3 is 0 Å². The van der Waals surface area contributed by atoms with E-state index < -0.39 is 6.10 Å². The predicted octanol–water partition coefficient (Wildman–Crippen LogP) is -0.792. The number of nitrogens with zero attached hydrogens (tertiary/aromatic N) is 1. The molecule has 4 nitrogen and oxygen atoms in total. The smallest absolute Gasteiger partial charge is 0.250 e. The van der Waals surface area contributed by atoms with Crippen LogP contribution in [0.5, 0.6) is 0 Å². The Morgan fingerprint density at radius 1 is 1.64 bits per heavy atom. The Balaban J connectivity index is 3.64. The molecular weight excluding hydrogens is 146 g/mol. The summed E-state index contributed by atoms with van der Waals surface area (Å²) in [6, 6.07) is 0. The summed E-state index contributed by atoms with van der Waals surface area (Å²) in [7, 11) is 1.60. The first-order chi connectivity index (χ1) is 5.09. The summed E-state index contributed by atoms with van der Waals surface area (Å²) in [4.78, 5) is 12.3. The van der Waals surface area contributed by atoms with Gasteiger partial charge < -0.3 is 15.1 Å². The van der Waals surface area contributed by atoms with Gasteiger partial charge in [0.05, 0.1) is 0 Å². The molecule has 0 rings (SSSR count). The molecule has 1 amide bonds. The van der Waals surface area contributed by atoms with Crippen molar-refractivity contribution in [3.63, 3.8) is 0 Å². The molecule has 1 atom stereocenters. The van der Waals surface area contributed by atoms with Crippen LogP contribution in [0.3, 0.4) is 0 Å². The maximum atomic E-state index is 10.9. The van der Waals surface area contributed by atoms with Crippen molar-refractivity contribution in [2.24, 2.45) is 0 Å². The number of amides is 1. The number of rotatable bonds is 4. The minimum absolute atomic E-state index is 0.0669. The third-order valence-corrected chi connectivity index (χ3v) is 1.39. The van der Waals surface area contributed by atoms with Crippen molar-refractivity contribution in [2.75, 3.05) is 20.2 Å². The second-order valence-corrected chi connectivity index (χ2v) is 2.51. The fraction of sp³-hybridized carbons (Fsp3) is 0.857. The summed E-state index contributed by atoms with van der Waals surface area (Å²) >= 11 is 0.